The van der Waals surface area contributed by atoms with E-state index < -0.39 is 212 Å². The lowest BCUT2D eigenvalue weighted by molar-refractivity contribution is -0.377. The molecule has 1 unspecified atom stereocenters. The highest BCUT2D eigenvalue weighted by Gasteiger charge is 2.59. The van der Waals surface area contributed by atoms with Crippen molar-refractivity contribution < 1.29 is 152 Å². The van der Waals surface area contributed by atoms with Crippen LogP contribution >= 0.6 is 7.82 Å². The number of unbranched alkanes of at least 4 members (excludes halogenated alkanes) is 24. The van der Waals surface area contributed by atoms with Crippen LogP contribution in [-0.4, -0.2) is 304 Å². The van der Waals surface area contributed by atoms with Crippen LogP contribution in [0.3, 0.4) is 0 Å². The molecule has 0 aromatic rings. The average Bonchev–Trinajstić information content (AvgIpc) is 0.770. The molecule has 28 atom stereocenters. The zero-order valence-electron chi connectivity index (χ0n) is 58.3. The van der Waals surface area contributed by atoms with Crippen molar-refractivity contribution in [2.24, 2.45) is 5.73 Å². The molecular weight excluding hydrogens is 1350 g/mol. The van der Waals surface area contributed by atoms with E-state index in [9.17, 15) is 96.0 Å². The molecule has 4 heterocycles. The first-order valence-electron chi connectivity index (χ1n) is 36.7. The van der Waals surface area contributed by atoms with Gasteiger partial charge in [-0.1, -0.05) is 161 Å². The number of aliphatic hydroxyl groups is 16. The number of phosphoric ester groups is 1. The summed E-state index contributed by atoms with van der Waals surface area (Å²) in [5, 5.41) is 174. The first-order valence-corrected chi connectivity index (χ1v) is 38.2. The fraction of sp³-hybridized carbons (Fsp3) is 0.955. The lowest BCUT2D eigenvalue weighted by atomic mass is 9.84. The molecule has 100 heavy (non-hydrogen) atoms. The number of carbonyl (C=O) groups excluding carboxylic acids is 1. The maximum Gasteiger partial charge on any atom is 0.472 e. The van der Waals surface area contributed by atoms with Crippen LogP contribution in [0, 0.1) is 0 Å². The number of esters is 1. The van der Waals surface area contributed by atoms with Gasteiger partial charge in [-0.2, -0.15) is 0 Å². The number of hydrogen-bond donors (Lipinski definition) is 18. The lowest BCUT2D eigenvalue weighted by Gasteiger charge is -2.49. The smallest absolute Gasteiger partial charge is 0.457 e. The van der Waals surface area contributed by atoms with Gasteiger partial charge in [-0.15, -0.1) is 0 Å². The molecule has 0 aromatic carbocycles. The molecular formula is C67H124NO31P. The van der Waals surface area contributed by atoms with Crippen molar-refractivity contribution >= 4 is 13.8 Å². The molecule has 0 aromatic heterocycles. The Morgan fingerprint density at radius 1 is 0.440 bits per heavy atom. The Morgan fingerprint density at radius 2 is 0.850 bits per heavy atom. The number of allylic oxidation sites excluding steroid dienone is 2. The second kappa shape index (κ2) is 47.8. The summed E-state index contributed by atoms with van der Waals surface area (Å²) in [6, 6.07) is -1.86. The zero-order chi connectivity index (χ0) is 73.3. The van der Waals surface area contributed by atoms with Gasteiger partial charge in [0.1, 0.15) is 128 Å². The molecule has 5 aliphatic rings. The topological polar surface area (TPSA) is 515 Å². The highest BCUT2D eigenvalue weighted by molar-refractivity contribution is 7.47. The normalized spacial score (nSPS) is 36.8. The molecule has 0 amide bonds. The number of phosphoric acid groups is 1. The SMILES string of the molecule is CCCCCC/C=C\CCCCCCCC(=O)O[C@@H]1[C@H](O)[C@@H](O)[C@H](O)[C@@H](O[C@H]2O[C@H](CO)[C@@H](O[C@H]3O[C@H](CO[C@H]4O[C@H](CO)[C@@H](O)[C@H](O)[C@@H]4O[C@H]4O[C@H](CO)[C@@H](O)[C@H](O)[C@@H]4O)[C@@H](O)[C@H](O)[C@@H]3O)[C@H](O)[C@H]2N)[C@@H]1OP(=O)(O)OC[C@@H](O)COCCCCCCCCCCCCCCCCCC. The molecule has 32 nitrogen and oxygen atoms in total. The Balaban J connectivity index is 1.21. The monoisotopic (exact) mass is 1470 g/mol. The van der Waals surface area contributed by atoms with Gasteiger partial charge in [0.15, 0.2) is 31.3 Å². The van der Waals surface area contributed by atoms with Crippen LogP contribution in [0.2, 0.25) is 0 Å². The predicted octanol–water partition coefficient (Wildman–Crippen LogP) is 0.0171. The van der Waals surface area contributed by atoms with Crippen molar-refractivity contribution in [2.45, 2.75) is 359 Å². The minimum absolute atomic E-state index is 0.221. The molecule has 0 bridgehead atoms. The highest BCUT2D eigenvalue weighted by Crippen LogP contribution is 2.48. The predicted molar refractivity (Wildman–Crippen MR) is 354 cm³/mol. The van der Waals surface area contributed by atoms with Crippen LogP contribution in [0.15, 0.2) is 12.2 Å². The van der Waals surface area contributed by atoms with Gasteiger partial charge in [-0.3, -0.25) is 13.8 Å². The van der Waals surface area contributed by atoms with Gasteiger partial charge >= 0.3 is 13.8 Å². The van der Waals surface area contributed by atoms with E-state index in [2.05, 4.69) is 26.0 Å². The second-order valence-electron chi connectivity index (χ2n) is 27.3. The Kier molecular flexibility index (Phi) is 42.5. The van der Waals surface area contributed by atoms with E-state index in [1.807, 2.05) is 0 Å². The molecule has 4 aliphatic heterocycles. The molecule has 1 saturated carbocycles. The van der Waals surface area contributed by atoms with Gasteiger partial charge in [0.25, 0.3) is 0 Å². The van der Waals surface area contributed by atoms with Crippen LogP contribution in [0.4, 0.5) is 0 Å². The van der Waals surface area contributed by atoms with Crippen molar-refractivity contribution in [1.29, 1.82) is 0 Å². The second-order valence-corrected chi connectivity index (χ2v) is 28.7. The van der Waals surface area contributed by atoms with Crippen molar-refractivity contribution in [2.75, 3.05) is 46.2 Å². The molecule has 0 spiro atoms. The standard InChI is InChI=1S/C67H124NO31P/c1-3-5-7-9-11-13-15-17-18-19-21-23-25-27-29-31-33-88-37-40(72)38-90-100(86,87)99-63-60(95-45(73)32-30-28-26-24-22-20-16-14-12-10-8-6-4-2)55(82)53(80)56(83)61(63)97-64-46(68)50(77)59(43(36-71)93-64)96-66-58(85)52(79)49(76)44(94-66)39-89-67-62(54(81)48(75)42(35-70)92-67)98-65-57(84)51(78)47(74)41(34-69)91-65/h14,16,40-44,46-67,69-72,74-85H,3-13,15,17-39,68H2,1-2H3,(H,86,87)/b16-14-/t40-,41+,42+,43+,44+,46+,47+,48+,49+,50+,51-,52-,53+,54-,55+,56-,57-,58-,59+,60+,61+,62-,63+,64+,65+,66+,67-/m0/s1. The largest absolute Gasteiger partial charge is 0.472 e. The van der Waals surface area contributed by atoms with E-state index in [1.54, 1.807) is 0 Å². The van der Waals surface area contributed by atoms with Gasteiger partial charge in [0.2, 0.25) is 0 Å². The maximum absolute atomic E-state index is 13.9. The Morgan fingerprint density at radius 3 is 1.39 bits per heavy atom. The molecule has 5 rings (SSSR count). The molecule has 588 valence electrons. The molecule has 19 N–H and O–H groups in total. The number of hydrogen-bond acceptors (Lipinski definition) is 31. The summed E-state index contributed by atoms with van der Waals surface area (Å²) >= 11 is 0. The quantitative estimate of drug-likeness (QED) is 0.0165. The summed E-state index contributed by atoms with van der Waals surface area (Å²) in [5.41, 5.74) is 6.49. The minimum Gasteiger partial charge on any atom is -0.457 e. The third-order valence-corrected chi connectivity index (χ3v) is 20.1. The molecule has 4 saturated heterocycles. The Hall–Kier alpha value is -1.72. The fourth-order valence-electron chi connectivity index (χ4n) is 12.9. The number of nitrogens with two attached hydrogens (primary N) is 1. The van der Waals surface area contributed by atoms with E-state index in [-0.39, 0.29) is 13.0 Å². The van der Waals surface area contributed by atoms with Crippen molar-refractivity contribution in [1.82, 2.24) is 0 Å². The van der Waals surface area contributed by atoms with E-state index in [0.29, 0.717) is 25.9 Å². The highest BCUT2D eigenvalue weighted by atomic mass is 31.2. The Labute approximate surface area is 587 Å². The summed E-state index contributed by atoms with van der Waals surface area (Å²) in [5.74, 6) is -0.946. The van der Waals surface area contributed by atoms with Gasteiger partial charge < -0.3 is 140 Å². The summed E-state index contributed by atoms with van der Waals surface area (Å²) in [7, 11) is -5.47. The Bertz CT molecular complexity index is 2240. The van der Waals surface area contributed by atoms with Gasteiger partial charge in [0.05, 0.1) is 45.7 Å². The number of carbonyl (C=O) groups is 1. The van der Waals surface area contributed by atoms with Crippen LogP contribution in [0.5, 0.6) is 0 Å². The van der Waals surface area contributed by atoms with Gasteiger partial charge in [0, 0.05) is 13.0 Å². The van der Waals surface area contributed by atoms with Crippen molar-refractivity contribution in [3.05, 3.63) is 12.2 Å². The van der Waals surface area contributed by atoms with Gasteiger partial charge in [-0.25, -0.2) is 4.57 Å². The summed E-state index contributed by atoms with van der Waals surface area (Å²) < 4.78 is 82.0. The maximum atomic E-state index is 13.9. The summed E-state index contributed by atoms with van der Waals surface area (Å²) in [4.78, 5) is 24.8. The lowest BCUT2D eigenvalue weighted by Crippen LogP contribution is -2.70. The van der Waals surface area contributed by atoms with Crippen LogP contribution < -0.4 is 5.73 Å². The third kappa shape index (κ3) is 28.4. The van der Waals surface area contributed by atoms with E-state index in [4.69, 9.17) is 62.1 Å². The number of rotatable bonds is 50. The summed E-state index contributed by atoms with van der Waals surface area (Å²) in [6.07, 6.45) is -17.6. The minimum atomic E-state index is -5.47. The zero-order valence-corrected chi connectivity index (χ0v) is 59.2. The first-order chi connectivity index (χ1) is 47.9. The van der Waals surface area contributed by atoms with Crippen LogP contribution in [0.1, 0.15) is 194 Å². The van der Waals surface area contributed by atoms with E-state index >= 15 is 0 Å². The molecule has 33 heteroatoms. The molecule has 0 radical (unpaired) electrons. The van der Waals surface area contributed by atoms with E-state index in [1.165, 1.54) is 89.9 Å². The van der Waals surface area contributed by atoms with Crippen LogP contribution in [0.25, 0.3) is 0 Å². The fourth-order valence-corrected chi connectivity index (χ4v) is 13.8. The summed E-state index contributed by atoms with van der Waals surface area (Å²) in [6.45, 7) is -0.183. The van der Waals surface area contributed by atoms with Crippen LogP contribution in [-0.2, 0) is 65.8 Å². The number of aliphatic hydroxyl groups excluding tert-OH is 16. The van der Waals surface area contributed by atoms with Crippen molar-refractivity contribution in [3.8, 4) is 0 Å². The van der Waals surface area contributed by atoms with Gasteiger partial charge in [-0.05, 0) is 38.5 Å². The number of ether oxygens (including phenoxy) is 10. The molecule has 5 fully saturated rings. The third-order valence-electron chi connectivity index (χ3n) is 19.1. The molecule has 1 aliphatic carbocycles. The average molecular weight is 1470 g/mol. The van der Waals surface area contributed by atoms with Crippen molar-refractivity contribution in [3.63, 3.8) is 0 Å². The van der Waals surface area contributed by atoms with E-state index in [0.717, 1.165) is 64.2 Å². The first kappa shape index (κ1) is 88.9.